The minimum atomic E-state index is -0.804. The Labute approximate surface area is 160 Å². The Balaban J connectivity index is 0.000000376. The van der Waals surface area contributed by atoms with Gasteiger partial charge in [-0.1, -0.05) is 75.1 Å². The van der Waals surface area contributed by atoms with Crippen LogP contribution in [0.3, 0.4) is 0 Å². The van der Waals surface area contributed by atoms with E-state index in [4.69, 9.17) is 0 Å². The van der Waals surface area contributed by atoms with Crippen molar-refractivity contribution < 1.29 is 9.59 Å². The molecule has 1 aliphatic rings. The van der Waals surface area contributed by atoms with Crippen LogP contribution in [0.2, 0.25) is 0 Å². The zero-order valence-corrected chi connectivity index (χ0v) is 16.2. The first-order chi connectivity index (χ1) is 13.1. The van der Waals surface area contributed by atoms with Gasteiger partial charge >= 0.3 is 0 Å². The third-order valence-electron chi connectivity index (χ3n) is 4.85. The van der Waals surface area contributed by atoms with E-state index in [0.29, 0.717) is 16.8 Å². The predicted molar refractivity (Wildman–Crippen MR) is 110 cm³/mol. The average Bonchev–Trinajstić information content (AvgIpc) is 2.92. The molecule has 138 valence electrons. The molecule has 3 heteroatoms. The Morgan fingerprint density at radius 2 is 1.56 bits per heavy atom. The lowest BCUT2D eigenvalue weighted by Gasteiger charge is -2.07. The first-order valence-corrected chi connectivity index (χ1v) is 9.61. The average molecular weight is 359 g/mol. The van der Waals surface area contributed by atoms with Crippen LogP contribution < -0.4 is 0 Å². The number of nitrogens with zero attached hydrogens (tertiary/aromatic N) is 1. The summed E-state index contributed by atoms with van der Waals surface area (Å²) in [5.41, 5.74) is 3.34. The van der Waals surface area contributed by atoms with E-state index in [1.807, 2.05) is 43.3 Å². The Kier molecular flexibility index (Phi) is 5.80. The minimum absolute atomic E-state index is 0.147. The van der Waals surface area contributed by atoms with Crippen molar-refractivity contribution in [2.75, 3.05) is 0 Å². The van der Waals surface area contributed by atoms with Crippen LogP contribution in [0.1, 0.15) is 71.0 Å². The molecule has 0 spiro atoms. The molecule has 0 bridgehead atoms. The van der Waals surface area contributed by atoms with Gasteiger partial charge in [-0.3, -0.25) is 14.6 Å². The monoisotopic (exact) mass is 359 g/mol. The Bertz CT molecular complexity index is 989. The van der Waals surface area contributed by atoms with Crippen molar-refractivity contribution in [3.8, 4) is 0 Å². The summed E-state index contributed by atoms with van der Waals surface area (Å²) in [4.78, 5) is 29.8. The quantitative estimate of drug-likeness (QED) is 0.547. The first-order valence-electron chi connectivity index (χ1n) is 9.61. The van der Waals surface area contributed by atoms with E-state index in [9.17, 15) is 9.59 Å². The number of carbonyl (C=O) groups excluding carboxylic acids is 2. The molecule has 1 unspecified atom stereocenters. The fourth-order valence-electron chi connectivity index (χ4n) is 3.37. The SMILES string of the molecule is CCCCC.Cc1ccc2c(c1)C(=O)C(c1ccc3ccccc3n1)C2=O. The number of carbonyl (C=O) groups is 2. The van der Waals surface area contributed by atoms with Gasteiger partial charge in [0.15, 0.2) is 11.6 Å². The summed E-state index contributed by atoms with van der Waals surface area (Å²) < 4.78 is 0. The van der Waals surface area contributed by atoms with Crippen LogP contribution in [-0.4, -0.2) is 16.6 Å². The molecule has 0 saturated heterocycles. The Morgan fingerprint density at radius 1 is 0.852 bits per heavy atom. The smallest absolute Gasteiger partial charge is 0.180 e. The molecule has 0 radical (unpaired) electrons. The molecular formula is C24H25NO2. The maximum atomic E-state index is 12.6. The molecule has 0 amide bonds. The van der Waals surface area contributed by atoms with Gasteiger partial charge in [0.2, 0.25) is 0 Å². The van der Waals surface area contributed by atoms with Gasteiger partial charge in [0.1, 0.15) is 5.92 Å². The molecule has 1 heterocycles. The van der Waals surface area contributed by atoms with E-state index < -0.39 is 5.92 Å². The zero-order valence-electron chi connectivity index (χ0n) is 16.2. The molecule has 4 rings (SSSR count). The lowest BCUT2D eigenvalue weighted by Crippen LogP contribution is -2.14. The highest BCUT2D eigenvalue weighted by atomic mass is 16.2. The van der Waals surface area contributed by atoms with Gasteiger partial charge in [-0.25, -0.2) is 0 Å². The van der Waals surface area contributed by atoms with Crippen LogP contribution in [-0.2, 0) is 0 Å². The standard InChI is InChI=1S/C19H13NO2.C5H12/c1-11-6-8-13-14(10-11)19(22)17(18(13)21)16-9-7-12-4-2-3-5-15(12)20-16;1-3-5-4-2/h2-10,17H,1H3;3-5H2,1-2H3. The molecule has 27 heavy (non-hydrogen) atoms. The second-order valence-electron chi connectivity index (χ2n) is 6.99. The second-order valence-corrected chi connectivity index (χ2v) is 6.99. The molecule has 0 N–H and O–H groups in total. The third kappa shape index (κ3) is 3.82. The molecule has 0 fully saturated rings. The number of hydrogen-bond acceptors (Lipinski definition) is 3. The number of ketones is 2. The van der Waals surface area contributed by atoms with E-state index in [-0.39, 0.29) is 11.6 Å². The molecule has 0 aliphatic heterocycles. The van der Waals surface area contributed by atoms with Gasteiger partial charge in [0, 0.05) is 16.5 Å². The molecular weight excluding hydrogens is 334 g/mol. The molecule has 3 aromatic rings. The summed E-state index contributed by atoms with van der Waals surface area (Å²) in [5, 5.41) is 0.998. The van der Waals surface area contributed by atoms with Crippen molar-refractivity contribution in [2.45, 2.75) is 46.0 Å². The fraction of sp³-hybridized carbons (Fsp3) is 0.292. The lowest BCUT2D eigenvalue weighted by molar-refractivity contribution is 0.0888. The van der Waals surface area contributed by atoms with Crippen molar-refractivity contribution in [1.29, 1.82) is 0 Å². The second kappa shape index (κ2) is 8.26. The van der Waals surface area contributed by atoms with Gasteiger partial charge in [0.05, 0.1) is 11.2 Å². The van der Waals surface area contributed by atoms with Crippen LogP contribution in [0.5, 0.6) is 0 Å². The molecule has 3 nitrogen and oxygen atoms in total. The van der Waals surface area contributed by atoms with E-state index >= 15 is 0 Å². The fourth-order valence-corrected chi connectivity index (χ4v) is 3.37. The van der Waals surface area contributed by atoms with Crippen molar-refractivity contribution in [3.63, 3.8) is 0 Å². The number of hydrogen-bond donors (Lipinski definition) is 0. The van der Waals surface area contributed by atoms with Crippen LogP contribution in [0.4, 0.5) is 0 Å². The van der Waals surface area contributed by atoms with Gasteiger partial charge in [-0.05, 0) is 25.1 Å². The number of benzene rings is 2. The first kappa shape index (κ1) is 19.0. The summed E-state index contributed by atoms with van der Waals surface area (Å²) in [6.45, 7) is 6.34. The molecule has 1 aliphatic carbocycles. The lowest BCUT2D eigenvalue weighted by atomic mass is 9.98. The van der Waals surface area contributed by atoms with Gasteiger partial charge in [-0.15, -0.1) is 0 Å². The van der Waals surface area contributed by atoms with Crippen LogP contribution >= 0.6 is 0 Å². The molecule has 2 aromatic carbocycles. The number of Topliss-reactive ketones (excluding diaryl/α,β-unsaturated/α-hetero) is 2. The molecule has 0 saturated carbocycles. The van der Waals surface area contributed by atoms with Crippen molar-refractivity contribution in [3.05, 3.63) is 77.0 Å². The highest BCUT2D eigenvalue weighted by Gasteiger charge is 2.40. The highest BCUT2D eigenvalue weighted by Crippen LogP contribution is 2.34. The van der Waals surface area contributed by atoms with E-state index in [2.05, 4.69) is 18.8 Å². The normalized spacial score (nSPS) is 15.4. The largest absolute Gasteiger partial charge is 0.293 e. The maximum absolute atomic E-state index is 12.6. The van der Waals surface area contributed by atoms with Crippen LogP contribution in [0.15, 0.2) is 54.6 Å². The molecule has 1 atom stereocenters. The number of rotatable bonds is 3. The number of pyridine rings is 1. The van der Waals surface area contributed by atoms with Crippen LogP contribution in [0.25, 0.3) is 10.9 Å². The summed E-state index contributed by atoms with van der Waals surface area (Å²) in [6.07, 6.45) is 4.08. The minimum Gasteiger partial charge on any atom is -0.293 e. The zero-order chi connectivity index (χ0) is 19.4. The Hall–Kier alpha value is -2.81. The summed E-state index contributed by atoms with van der Waals surface area (Å²) in [7, 11) is 0. The van der Waals surface area contributed by atoms with Gasteiger partial charge < -0.3 is 0 Å². The van der Waals surface area contributed by atoms with Crippen molar-refractivity contribution >= 4 is 22.5 Å². The topological polar surface area (TPSA) is 47.0 Å². The van der Waals surface area contributed by atoms with E-state index in [1.54, 1.807) is 18.2 Å². The van der Waals surface area contributed by atoms with E-state index in [0.717, 1.165) is 16.5 Å². The molecule has 1 aromatic heterocycles. The number of para-hydroxylation sites is 1. The Morgan fingerprint density at radius 3 is 2.26 bits per heavy atom. The summed E-state index contributed by atoms with van der Waals surface area (Å²) >= 11 is 0. The highest BCUT2D eigenvalue weighted by molar-refractivity contribution is 6.29. The van der Waals surface area contributed by atoms with Crippen molar-refractivity contribution in [2.24, 2.45) is 0 Å². The van der Waals surface area contributed by atoms with Crippen molar-refractivity contribution in [1.82, 2.24) is 4.98 Å². The third-order valence-corrected chi connectivity index (χ3v) is 4.85. The van der Waals surface area contributed by atoms with Gasteiger partial charge in [0.25, 0.3) is 0 Å². The number of fused-ring (bicyclic) bond motifs is 2. The van der Waals surface area contributed by atoms with E-state index in [1.165, 1.54) is 19.3 Å². The number of unbranched alkanes of at least 4 members (excludes halogenated alkanes) is 2. The predicted octanol–water partition coefficient (Wildman–Crippen LogP) is 5.90. The summed E-state index contributed by atoms with van der Waals surface area (Å²) in [6, 6.07) is 16.8. The van der Waals surface area contributed by atoms with Gasteiger partial charge in [-0.2, -0.15) is 0 Å². The van der Waals surface area contributed by atoms with Crippen LogP contribution in [0, 0.1) is 6.92 Å². The maximum Gasteiger partial charge on any atom is 0.180 e. The number of aromatic nitrogens is 1. The number of aryl methyl sites for hydroxylation is 1. The summed E-state index contributed by atoms with van der Waals surface area (Å²) in [5.74, 6) is -1.10.